The maximum Gasteiger partial charge on any atom is 0.272 e. The summed E-state index contributed by atoms with van der Waals surface area (Å²) in [6.45, 7) is 2.14. The number of carbonyl (C=O) groups is 2. The molecule has 0 radical (unpaired) electrons. The number of pyridine rings is 1. The Hall–Kier alpha value is -1.99. The van der Waals surface area contributed by atoms with Gasteiger partial charge in [-0.25, -0.2) is 0 Å². The minimum absolute atomic E-state index is 0.108. The molecule has 1 aliphatic rings. The third-order valence-electron chi connectivity index (χ3n) is 3.43. The van der Waals surface area contributed by atoms with Crippen LogP contribution in [0.2, 0.25) is 0 Å². The molecule has 114 valence electrons. The summed E-state index contributed by atoms with van der Waals surface area (Å²) in [5.41, 5.74) is 6.16. The second-order valence-electron chi connectivity index (χ2n) is 4.89. The van der Waals surface area contributed by atoms with Crippen LogP contribution in [0.15, 0.2) is 24.4 Å². The van der Waals surface area contributed by atoms with E-state index in [0.717, 1.165) is 0 Å². The van der Waals surface area contributed by atoms with Crippen LogP contribution in [0.5, 0.6) is 0 Å². The van der Waals surface area contributed by atoms with Crippen molar-refractivity contribution in [3.05, 3.63) is 30.1 Å². The van der Waals surface area contributed by atoms with Crippen LogP contribution in [0.4, 0.5) is 0 Å². The third-order valence-corrected chi connectivity index (χ3v) is 3.43. The molecule has 0 aliphatic carbocycles. The summed E-state index contributed by atoms with van der Waals surface area (Å²) in [5, 5.41) is 0. The Morgan fingerprint density at radius 1 is 1.29 bits per heavy atom. The monoisotopic (exact) mass is 292 g/mol. The molecule has 1 aromatic rings. The van der Waals surface area contributed by atoms with E-state index >= 15 is 0 Å². The van der Waals surface area contributed by atoms with Crippen molar-refractivity contribution in [2.45, 2.75) is 6.04 Å². The molecule has 0 spiro atoms. The molecule has 2 rings (SSSR count). The zero-order valence-electron chi connectivity index (χ0n) is 12.1. The van der Waals surface area contributed by atoms with Gasteiger partial charge in [-0.1, -0.05) is 6.07 Å². The van der Waals surface area contributed by atoms with Gasteiger partial charge >= 0.3 is 0 Å². The van der Waals surface area contributed by atoms with Gasteiger partial charge < -0.3 is 20.3 Å². The van der Waals surface area contributed by atoms with Crippen LogP contribution in [-0.4, -0.2) is 72.5 Å². The van der Waals surface area contributed by atoms with E-state index in [1.165, 1.54) is 7.11 Å². The van der Waals surface area contributed by atoms with Crippen molar-refractivity contribution in [1.82, 2.24) is 14.8 Å². The Morgan fingerprint density at radius 2 is 1.95 bits per heavy atom. The Morgan fingerprint density at radius 3 is 2.52 bits per heavy atom. The smallest absolute Gasteiger partial charge is 0.272 e. The lowest BCUT2D eigenvalue weighted by atomic mass is 10.2. The molecule has 1 aliphatic heterocycles. The summed E-state index contributed by atoms with van der Waals surface area (Å²) >= 11 is 0. The summed E-state index contributed by atoms with van der Waals surface area (Å²) in [4.78, 5) is 31.7. The van der Waals surface area contributed by atoms with Gasteiger partial charge in [-0.15, -0.1) is 0 Å². The maximum atomic E-state index is 12.2. The molecule has 0 saturated carbocycles. The highest BCUT2D eigenvalue weighted by molar-refractivity contribution is 5.92. The Bertz CT molecular complexity index is 486. The van der Waals surface area contributed by atoms with Crippen LogP contribution >= 0.6 is 0 Å². The van der Waals surface area contributed by atoms with E-state index in [-0.39, 0.29) is 18.4 Å². The number of ether oxygens (including phenoxy) is 1. The minimum atomic E-state index is -0.645. The fourth-order valence-corrected chi connectivity index (χ4v) is 2.27. The number of hydrogen-bond donors (Lipinski definition) is 1. The van der Waals surface area contributed by atoms with Gasteiger partial charge in [-0.05, 0) is 12.1 Å². The van der Waals surface area contributed by atoms with E-state index in [1.54, 1.807) is 34.2 Å². The predicted molar refractivity (Wildman–Crippen MR) is 76.6 cm³/mol. The molecule has 1 unspecified atom stereocenters. The van der Waals surface area contributed by atoms with Crippen LogP contribution < -0.4 is 5.73 Å². The molecule has 2 N–H and O–H groups in total. The fourth-order valence-electron chi connectivity index (χ4n) is 2.27. The number of amides is 2. The van der Waals surface area contributed by atoms with Gasteiger partial charge in [0.15, 0.2) is 0 Å². The van der Waals surface area contributed by atoms with E-state index in [1.807, 2.05) is 0 Å². The number of carbonyl (C=O) groups excluding carboxylic acids is 2. The van der Waals surface area contributed by atoms with Gasteiger partial charge in [0.25, 0.3) is 5.91 Å². The number of piperazine rings is 1. The molecule has 0 aromatic carbocycles. The van der Waals surface area contributed by atoms with Crippen molar-refractivity contribution < 1.29 is 14.3 Å². The van der Waals surface area contributed by atoms with Crippen LogP contribution in [-0.2, 0) is 9.53 Å². The second-order valence-corrected chi connectivity index (χ2v) is 4.89. The largest absolute Gasteiger partial charge is 0.383 e. The highest BCUT2D eigenvalue weighted by Gasteiger charge is 2.27. The van der Waals surface area contributed by atoms with Gasteiger partial charge in [-0.3, -0.25) is 14.6 Å². The van der Waals surface area contributed by atoms with Gasteiger partial charge in [0.05, 0.1) is 6.61 Å². The van der Waals surface area contributed by atoms with Gasteiger partial charge in [0.1, 0.15) is 11.7 Å². The number of nitrogens with zero attached hydrogens (tertiary/aromatic N) is 3. The summed E-state index contributed by atoms with van der Waals surface area (Å²) in [5.74, 6) is -0.245. The lowest BCUT2D eigenvalue weighted by molar-refractivity contribution is -0.135. The Balaban J connectivity index is 1.89. The molecule has 1 aromatic heterocycles. The average molecular weight is 292 g/mol. The first-order chi connectivity index (χ1) is 10.1. The van der Waals surface area contributed by atoms with Crippen molar-refractivity contribution in [2.24, 2.45) is 5.73 Å². The number of methoxy groups -OCH3 is 1. The van der Waals surface area contributed by atoms with E-state index < -0.39 is 6.04 Å². The van der Waals surface area contributed by atoms with Crippen molar-refractivity contribution in [3.63, 3.8) is 0 Å². The third kappa shape index (κ3) is 3.77. The quantitative estimate of drug-likeness (QED) is 0.796. The highest BCUT2D eigenvalue weighted by Crippen LogP contribution is 2.08. The second kappa shape index (κ2) is 7.14. The minimum Gasteiger partial charge on any atom is -0.383 e. The standard InChI is InChI=1S/C14H20N4O3/c1-21-10-11(15)13(19)17-6-8-18(9-7-17)14(20)12-4-2-3-5-16-12/h2-5,11H,6-10,15H2,1H3. The fraction of sp³-hybridized carbons (Fsp3) is 0.500. The van der Waals surface area contributed by atoms with Gasteiger partial charge in [0.2, 0.25) is 5.91 Å². The molecule has 21 heavy (non-hydrogen) atoms. The molecule has 7 nitrogen and oxygen atoms in total. The highest BCUT2D eigenvalue weighted by atomic mass is 16.5. The van der Waals surface area contributed by atoms with Crippen LogP contribution in [0, 0.1) is 0 Å². The van der Waals surface area contributed by atoms with Crippen LogP contribution in [0.25, 0.3) is 0 Å². The van der Waals surface area contributed by atoms with Crippen molar-refractivity contribution in [3.8, 4) is 0 Å². The maximum absolute atomic E-state index is 12.2. The lowest BCUT2D eigenvalue weighted by Gasteiger charge is -2.35. The first kappa shape index (κ1) is 15.4. The summed E-state index contributed by atoms with van der Waals surface area (Å²) in [6.07, 6.45) is 1.59. The van der Waals surface area contributed by atoms with Gasteiger partial charge in [0, 0.05) is 39.5 Å². The summed E-state index contributed by atoms with van der Waals surface area (Å²) < 4.78 is 4.89. The van der Waals surface area contributed by atoms with Gasteiger partial charge in [-0.2, -0.15) is 0 Å². The summed E-state index contributed by atoms with van der Waals surface area (Å²) in [6, 6.07) is 4.59. The molecule has 2 amide bonds. The van der Waals surface area contributed by atoms with Crippen molar-refractivity contribution in [1.29, 1.82) is 0 Å². The lowest BCUT2D eigenvalue weighted by Crippen LogP contribution is -2.55. The number of aromatic nitrogens is 1. The normalized spacial score (nSPS) is 16.7. The van der Waals surface area contributed by atoms with Crippen LogP contribution in [0.3, 0.4) is 0 Å². The molecule has 1 fully saturated rings. The van der Waals surface area contributed by atoms with E-state index in [4.69, 9.17) is 10.5 Å². The zero-order valence-corrected chi connectivity index (χ0v) is 12.1. The van der Waals surface area contributed by atoms with E-state index in [0.29, 0.717) is 31.9 Å². The Kier molecular flexibility index (Phi) is 5.24. The number of nitrogens with two attached hydrogens (primary N) is 1. The molecular formula is C14H20N4O3. The van der Waals surface area contributed by atoms with E-state index in [9.17, 15) is 9.59 Å². The molecule has 7 heteroatoms. The van der Waals surface area contributed by atoms with Crippen molar-refractivity contribution >= 4 is 11.8 Å². The molecular weight excluding hydrogens is 272 g/mol. The SMILES string of the molecule is COCC(N)C(=O)N1CCN(C(=O)c2ccccn2)CC1. The summed E-state index contributed by atoms with van der Waals surface area (Å²) in [7, 11) is 1.51. The average Bonchev–Trinajstić information content (AvgIpc) is 2.54. The molecule has 0 bridgehead atoms. The topological polar surface area (TPSA) is 88.8 Å². The number of hydrogen-bond acceptors (Lipinski definition) is 5. The molecule has 1 atom stereocenters. The first-order valence-electron chi connectivity index (χ1n) is 6.87. The zero-order chi connectivity index (χ0) is 15.2. The Labute approximate surface area is 123 Å². The van der Waals surface area contributed by atoms with Crippen molar-refractivity contribution in [2.75, 3.05) is 39.9 Å². The predicted octanol–water partition coefficient (Wildman–Crippen LogP) is -0.660. The molecule has 2 heterocycles. The van der Waals surface area contributed by atoms with E-state index in [2.05, 4.69) is 4.98 Å². The first-order valence-corrected chi connectivity index (χ1v) is 6.87. The number of rotatable bonds is 4. The molecule has 1 saturated heterocycles. The van der Waals surface area contributed by atoms with Crippen LogP contribution in [0.1, 0.15) is 10.5 Å².